The predicted molar refractivity (Wildman–Crippen MR) is 170 cm³/mol. The molecule has 3 rings (SSSR count). The molecule has 0 radical (unpaired) electrons. The van der Waals surface area contributed by atoms with Crippen LogP contribution in [0.5, 0.6) is 0 Å². The number of para-hydroxylation sites is 1. The Morgan fingerprint density at radius 2 is 1.35 bits per heavy atom. The normalized spacial score (nSPS) is 12.5. The molecule has 10 N–H and O–H groups in total. The number of nitrogens with one attached hydrogen (secondary N) is 3. The topological polar surface area (TPSA) is 258 Å². The summed E-state index contributed by atoms with van der Waals surface area (Å²) in [5, 5.41) is 28.6. The first-order chi connectivity index (χ1) is 21.9. The number of nitro groups is 1. The highest BCUT2D eigenvalue weighted by Crippen LogP contribution is 2.15. The summed E-state index contributed by atoms with van der Waals surface area (Å²) in [7, 11) is 0. The number of benzene rings is 3. The molecule has 0 aliphatic heterocycles. The lowest BCUT2D eigenvalue weighted by atomic mass is 10.0. The standard InChI is InChI=1S/C31H36N8O7/c32-23-10-5-4-9-22(23)27(40)37-25(17-19-7-2-1-3-8-19)29(42)36-24(11-6-16-35-31(33)34)28(41)38-26(30(43)44)18-20-12-14-21(15-13-20)39(45)46/h1-5,7-10,12-15,24-26H,6,11,16-18,32H2,(H,36,42)(H,37,40)(H,38,41)(H,43,44)(H4,33,34,35)/t24-,25-,26-/m0/s1. The number of aliphatic imine (C=N–C) groups is 1. The van der Waals surface area contributed by atoms with Crippen LogP contribution in [0.3, 0.4) is 0 Å². The molecule has 242 valence electrons. The van der Waals surface area contributed by atoms with E-state index in [1.165, 1.54) is 30.3 Å². The van der Waals surface area contributed by atoms with Crippen LogP contribution in [0.25, 0.3) is 0 Å². The number of carboxylic acid groups (broad SMARTS) is 1. The van der Waals surface area contributed by atoms with Gasteiger partial charge in [-0.25, -0.2) is 4.79 Å². The Kier molecular flexibility index (Phi) is 12.6. The molecule has 0 aromatic heterocycles. The Labute approximate surface area is 264 Å². The minimum Gasteiger partial charge on any atom is -0.480 e. The number of anilines is 1. The lowest BCUT2D eigenvalue weighted by Gasteiger charge is -2.25. The number of hydrogen-bond acceptors (Lipinski definition) is 8. The Balaban J connectivity index is 1.82. The van der Waals surface area contributed by atoms with E-state index in [0.717, 1.165) is 5.56 Å². The average Bonchev–Trinajstić information content (AvgIpc) is 3.02. The zero-order valence-electron chi connectivity index (χ0n) is 24.8. The van der Waals surface area contributed by atoms with Crippen LogP contribution in [0, 0.1) is 10.1 Å². The first-order valence-corrected chi connectivity index (χ1v) is 14.3. The van der Waals surface area contributed by atoms with Crippen LogP contribution >= 0.6 is 0 Å². The van der Waals surface area contributed by atoms with Gasteiger partial charge in [-0.1, -0.05) is 54.6 Å². The number of nitrogen functional groups attached to an aromatic ring is 1. The van der Waals surface area contributed by atoms with Crippen LogP contribution in [-0.4, -0.2) is 64.4 Å². The number of carbonyl (C=O) groups is 4. The third-order valence-electron chi connectivity index (χ3n) is 6.89. The molecular formula is C31H36N8O7. The quantitative estimate of drug-likeness (QED) is 0.0293. The van der Waals surface area contributed by atoms with Crippen molar-refractivity contribution >= 4 is 41.0 Å². The molecule has 3 atom stereocenters. The molecule has 46 heavy (non-hydrogen) atoms. The Bertz CT molecular complexity index is 1560. The molecule has 0 saturated carbocycles. The number of non-ortho nitro benzene ring substituents is 1. The number of amides is 3. The molecule has 0 aliphatic carbocycles. The minimum absolute atomic E-state index is 0.0237. The van der Waals surface area contributed by atoms with Crippen molar-refractivity contribution in [1.29, 1.82) is 0 Å². The van der Waals surface area contributed by atoms with Gasteiger partial charge in [-0.3, -0.25) is 29.5 Å². The van der Waals surface area contributed by atoms with Crippen molar-refractivity contribution in [3.05, 3.63) is 106 Å². The van der Waals surface area contributed by atoms with Crippen LogP contribution in [0.4, 0.5) is 11.4 Å². The van der Waals surface area contributed by atoms with E-state index in [1.807, 2.05) is 0 Å². The fourth-order valence-electron chi connectivity index (χ4n) is 4.51. The largest absolute Gasteiger partial charge is 0.480 e. The van der Waals surface area contributed by atoms with Gasteiger partial charge in [0.05, 0.1) is 10.5 Å². The summed E-state index contributed by atoms with van der Waals surface area (Å²) in [4.78, 5) is 66.6. The fourth-order valence-corrected chi connectivity index (χ4v) is 4.51. The maximum atomic E-state index is 13.7. The van der Waals surface area contributed by atoms with Crippen molar-refractivity contribution in [2.24, 2.45) is 16.5 Å². The maximum absolute atomic E-state index is 13.7. The lowest BCUT2D eigenvalue weighted by Crippen LogP contribution is -2.56. The summed E-state index contributed by atoms with van der Waals surface area (Å²) in [5.41, 5.74) is 18.1. The second kappa shape index (κ2) is 16.7. The zero-order valence-corrected chi connectivity index (χ0v) is 24.8. The van der Waals surface area contributed by atoms with Gasteiger partial charge in [0.15, 0.2) is 5.96 Å². The van der Waals surface area contributed by atoms with Gasteiger partial charge in [0, 0.05) is 37.2 Å². The molecule has 3 aromatic rings. The molecule has 0 fully saturated rings. The van der Waals surface area contributed by atoms with Gasteiger partial charge in [0.25, 0.3) is 11.6 Å². The van der Waals surface area contributed by atoms with Crippen molar-refractivity contribution in [2.75, 3.05) is 12.3 Å². The highest BCUT2D eigenvalue weighted by atomic mass is 16.6. The van der Waals surface area contributed by atoms with Crippen LogP contribution in [0.2, 0.25) is 0 Å². The number of carbonyl (C=O) groups excluding carboxylic acids is 3. The number of hydrogen-bond donors (Lipinski definition) is 7. The molecule has 0 saturated heterocycles. The minimum atomic E-state index is -1.42. The number of aliphatic carboxylic acids is 1. The molecule has 0 aliphatic rings. The number of nitro benzene ring substituents is 1. The Morgan fingerprint density at radius 3 is 1.96 bits per heavy atom. The molecule has 3 amide bonds. The predicted octanol–water partition coefficient (Wildman–Crippen LogP) is 0.869. The molecule has 0 spiro atoms. The highest BCUT2D eigenvalue weighted by Gasteiger charge is 2.30. The van der Waals surface area contributed by atoms with Gasteiger partial charge in [-0.05, 0) is 36.1 Å². The van der Waals surface area contributed by atoms with Gasteiger partial charge < -0.3 is 38.3 Å². The lowest BCUT2D eigenvalue weighted by molar-refractivity contribution is -0.384. The average molecular weight is 633 g/mol. The van der Waals surface area contributed by atoms with Crippen molar-refractivity contribution in [3.63, 3.8) is 0 Å². The molecule has 0 unspecified atom stereocenters. The number of rotatable bonds is 16. The van der Waals surface area contributed by atoms with Crippen LogP contribution in [0.15, 0.2) is 83.9 Å². The highest BCUT2D eigenvalue weighted by molar-refractivity contribution is 6.02. The van der Waals surface area contributed by atoms with Crippen molar-refractivity contribution < 1.29 is 29.2 Å². The van der Waals surface area contributed by atoms with E-state index >= 15 is 0 Å². The second-order valence-electron chi connectivity index (χ2n) is 10.3. The number of nitrogens with zero attached hydrogens (tertiary/aromatic N) is 2. The van der Waals surface area contributed by atoms with E-state index < -0.39 is 46.7 Å². The third-order valence-corrected chi connectivity index (χ3v) is 6.89. The monoisotopic (exact) mass is 632 g/mol. The van der Waals surface area contributed by atoms with E-state index in [4.69, 9.17) is 17.2 Å². The summed E-state index contributed by atoms with van der Waals surface area (Å²) in [5.74, 6) is -3.62. The summed E-state index contributed by atoms with van der Waals surface area (Å²) >= 11 is 0. The Hall–Kier alpha value is -5.99. The van der Waals surface area contributed by atoms with Gasteiger partial charge in [-0.2, -0.15) is 0 Å². The summed E-state index contributed by atoms with van der Waals surface area (Å²) in [6.45, 7) is 0.130. The third kappa shape index (κ3) is 10.6. The Morgan fingerprint density at radius 1 is 0.783 bits per heavy atom. The molecule has 0 bridgehead atoms. The first-order valence-electron chi connectivity index (χ1n) is 14.3. The summed E-state index contributed by atoms with van der Waals surface area (Å²) in [6.07, 6.45) is 0.160. The van der Waals surface area contributed by atoms with E-state index in [-0.39, 0.29) is 55.1 Å². The summed E-state index contributed by atoms with van der Waals surface area (Å²) < 4.78 is 0. The van der Waals surface area contributed by atoms with Crippen LogP contribution < -0.4 is 33.2 Å². The van der Waals surface area contributed by atoms with Crippen LogP contribution in [-0.2, 0) is 27.2 Å². The van der Waals surface area contributed by atoms with Crippen molar-refractivity contribution in [2.45, 2.75) is 43.8 Å². The molecule has 3 aromatic carbocycles. The van der Waals surface area contributed by atoms with E-state index in [0.29, 0.717) is 5.56 Å². The number of guanidine groups is 1. The first kappa shape index (κ1) is 34.5. The number of nitrogens with two attached hydrogens (primary N) is 3. The molecule has 0 heterocycles. The SMILES string of the molecule is NC(N)=NCCC[C@H](NC(=O)[C@H](Cc1ccccc1)NC(=O)c1ccccc1N)C(=O)N[C@@H](Cc1ccc([N+](=O)[O-])cc1)C(=O)O. The summed E-state index contributed by atoms with van der Waals surface area (Å²) in [6, 6.07) is 16.7. The van der Waals surface area contributed by atoms with Crippen molar-refractivity contribution in [1.82, 2.24) is 16.0 Å². The second-order valence-corrected chi connectivity index (χ2v) is 10.3. The molecular weight excluding hydrogens is 596 g/mol. The zero-order chi connectivity index (χ0) is 33.6. The van der Waals surface area contributed by atoms with Gasteiger partial charge in [-0.15, -0.1) is 0 Å². The van der Waals surface area contributed by atoms with Gasteiger partial charge >= 0.3 is 5.97 Å². The fraction of sp³-hybridized carbons (Fsp3) is 0.258. The van der Waals surface area contributed by atoms with Crippen molar-refractivity contribution in [3.8, 4) is 0 Å². The molecule has 15 heteroatoms. The van der Waals surface area contributed by atoms with E-state index in [2.05, 4.69) is 20.9 Å². The van der Waals surface area contributed by atoms with E-state index in [1.54, 1.807) is 48.5 Å². The van der Waals surface area contributed by atoms with Gasteiger partial charge in [0.2, 0.25) is 11.8 Å². The van der Waals surface area contributed by atoms with E-state index in [9.17, 15) is 34.4 Å². The smallest absolute Gasteiger partial charge is 0.326 e. The maximum Gasteiger partial charge on any atom is 0.326 e. The molecule has 15 nitrogen and oxygen atoms in total. The van der Waals surface area contributed by atoms with Crippen LogP contribution in [0.1, 0.15) is 34.3 Å². The number of carboxylic acids is 1. The van der Waals surface area contributed by atoms with Gasteiger partial charge in [0.1, 0.15) is 18.1 Å².